The number of sulfone groups is 1. The minimum atomic E-state index is -3.42. The van der Waals surface area contributed by atoms with Crippen LogP contribution in [0.25, 0.3) is 10.9 Å². The van der Waals surface area contributed by atoms with Crippen LogP contribution in [0.3, 0.4) is 0 Å². The van der Waals surface area contributed by atoms with E-state index in [4.69, 9.17) is 17.3 Å². The predicted molar refractivity (Wildman–Crippen MR) is 77.6 cm³/mol. The fraction of sp³-hybridized carbons (Fsp3) is 0.231. The van der Waals surface area contributed by atoms with Gasteiger partial charge in [-0.1, -0.05) is 11.6 Å². The number of fused-ring (bicyclic) bond motifs is 1. The first kappa shape index (κ1) is 14.7. The molecule has 0 aliphatic heterocycles. The maximum absolute atomic E-state index is 12.2. The monoisotopic (exact) mass is 312 g/mol. The summed E-state index contributed by atoms with van der Waals surface area (Å²) in [7, 11) is -3.42. The fourth-order valence-corrected chi connectivity index (χ4v) is 3.14. The summed E-state index contributed by atoms with van der Waals surface area (Å²) in [6.07, 6.45) is 1.28. The average Bonchev–Trinajstić information content (AvgIpc) is 2.38. The first-order chi connectivity index (χ1) is 9.25. The molecule has 0 saturated carbocycles. The van der Waals surface area contributed by atoms with Crippen LogP contribution in [0, 0.1) is 0 Å². The van der Waals surface area contributed by atoms with Gasteiger partial charge in [0.05, 0.1) is 26.2 Å². The van der Waals surface area contributed by atoms with E-state index < -0.39 is 21.0 Å². The molecule has 2 N–H and O–H groups in total. The maximum atomic E-state index is 12.2. The number of amides is 1. The van der Waals surface area contributed by atoms with Crippen LogP contribution in [0.15, 0.2) is 29.3 Å². The second-order valence-corrected chi connectivity index (χ2v) is 7.51. The molecule has 2 aromatic rings. The first-order valence-corrected chi connectivity index (χ1v) is 7.79. The van der Waals surface area contributed by atoms with E-state index in [9.17, 15) is 13.2 Å². The van der Waals surface area contributed by atoms with Gasteiger partial charge in [-0.15, -0.1) is 0 Å². The van der Waals surface area contributed by atoms with Crippen molar-refractivity contribution in [1.29, 1.82) is 0 Å². The van der Waals surface area contributed by atoms with Crippen LogP contribution in [0.2, 0.25) is 5.02 Å². The van der Waals surface area contributed by atoms with Gasteiger partial charge in [-0.25, -0.2) is 8.42 Å². The summed E-state index contributed by atoms with van der Waals surface area (Å²) in [5, 5.41) is -0.0426. The van der Waals surface area contributed by atoms with Gasteiger partial charge in [0.1, 0.15) is 0 Å². The first-order valence-electron chi connectivity index (χ1n) is 5.87. The van der Waals surface area contributed by atoms with Crippen molar-refractivity contribution < 1.29 is 13.2 Å². The zero-order valence-electron chi connectivity index (χ0n) is 10.9. The molecule has 0 unspecified atom stereocenters. The molecule has 2 rings (SSSR count). The smallest absolute Gasteiger partial charge is 0.251 e. The number of halogens is 1. The Bertz CT molecular complexity index is 801. The average molecular weight is 313 g/mol. The van der Waals surface area contributed by atoms with Crippen LogP contribution in [-0.2, 0) is 9.84 Å². The van der Waals surface area contributed by atoms with Crippen LogP contribution in [0.1, 0.15) is 24.2 Å². The highest BCUT2D eigenvalue weighted by Gasteiger charge is 2.20. The van der Waals surface area contributed by atoms with E-state index in [2.05, 4.69) is 4.98 Å². The molecule has 20 heavy (non-hydrogen) atoms. The van der Waals surface area contributed by atoms with Crippen molar-refractivity contribution in [2.24, 2.45) is 5.73 Å². The Labute approximate surface area is 121 Å². The number of nitrogens with two attached hydrogens (primary N) is 1. The third-order valence-corrected chi connectivity index (χ3v) is 5.55. The Hall–Kier alpha value is -1.66. The second-order valence-electron chi connectivity index (χ2n) is 4.62. The Morgan fingerprint density at radius 1 is 1.35 bits per heavy atom. The predicted octanol–water partition coefficient (Wildman–Crippen LogP) is 2.17. The van der Waals surface area contributed by atoms with Crippen LogP contribution in [0.4, 0.5) is 0 Å². The third-order valence-electron chi connectivity index (χ3n) is 2.99. The summed E-state index contributed by atoms with van der Waals surface area (Å²) < 4.78 is 24.3. The van der Waals surface area contributed by atoms with Crippen molar-refractivity contribution >= 4 is 38.2 Å². The molecule has 0 bridgehead atoms. The van der Waals surface area contributed by atoms with E-state index in [1.165, 1.54) is 18.3 Å². The van der Waals surface area contributed by atoms with E-state index in [-0.39, 0.29) is 15.5 Å². The number of hydrogen-bond donors (Lipinski definition) is 1. The van der Waals surface area contributed by atoms with Crippen molar-refractivity contribution in [3.8, 4) is 0 Å². The summed E-state index contributed by atoms with van der Waals surface area (Å²) in [5.41, 5.74) is 5.77. The molecule has 7 heteroatoms. The molecule has 0 aliphatic carbocycles. The molecule has 106 valence electrons. The van der Waals surface area contributed by atoms with Crippen molar-refractivity contribution in [1.82, 2.24) is 4.98 Å². The second kappa shape index (κ2) is 5.03. The number of nitrogens with zero attached hydrogens (tertiary/aromatic N) is 1. The summed E-state index contributed by atoms with van der Waals surface area (Å²) in [6, 6.07) is 4.46. The molecule has 0 fully saturated rings. The number of carbonyl (C=O) groups is 1. The zero-order chi connectivity index (χ0) is 15.1. The van der Waals surface area contributed by atoms with Crippen molar-refractivity contribution in [3.63, 3.8) is 0 Å². The van der Waals surface area contributed by atoms with E-state index in [1.807, 2.05) is 0 Å². The molecule has 1 aromatic heterocycles. The van der Waals surface area contributed by atoms with E-state index in [1.54, 1.807) is 19.9 Å². The van der Waals surface area contributed by atoms with Crippen LogP contribution in [-0.4, -0.2) is 24.6 Å². The molecule has 5 nitrogen and oxygen atoms in total. The SMILES string of the molecule is CC(C)S(=O)(=O)c1ccc2ncc(C(N)=O)c(Cl)c2c1. The van der Waals surface area contributed by atoms with E-state index >= 15 is 0 Å². The zero-order valence-corrected chi connectivity index (χ0v) is 12.5. The Morgan fingerprint density at radius 2 is 2.00 bits per heavy atom. The Kier molecular flexibility index (Phi) is 3.71. The lowest BCUT2D eigenvalue weighted by atomic mass is 10.1. The van der Waals surface area contributed by atoms with Gasteiger partial charge in [0, 0.05) is 11.6 Å². The van der Waals surface area contributed by atoms with Crippen molar-refractivity contribution in [2.45, 2.75) is 24.0 Å². The van der Waals surface area contributed by atoms with Crippen LogP contribution >= 0.6 is 11.6 Å². The minimum absolute atomic E-state index is 0.0678. The largest absolute Gasteiger partial charge is 0.366 e. The third kappa shape index (κ3) is 2.36. The van der Waals surface area contributed by atoms with Gasteiger partial charge in [0.25, 0.3) is 5.91 Å². The van der Waals surface area contributed by atoms with Gasteiger partial charge in [-0.2, -0.15) is 0 Å². The molecular formula is C13H13ClN2O3S. The van der Waals surface area contributed by atoms with Gasteiger partial charge in [-0.05, 0) is 32.0 Å². The highest BCUT2D eigenvalue weighted by molar-refractivity contribution is 7.92. The molecule has 0 saturated heterocycles. The van der Waals surface area contributed by atoms with Crippen LogP contribution < -0.4 is 5.73 Å². The van der Waals surface area contributed by atoms with Gasteiger partial charge < -0.3 is 5.73 Å². The molecular weight excluding hydrogens is 300 g/mol. The van der Waals surface area contributed by atoms with E-state index in [0.29, 0.717) is 10.9 Å². The number of primary amides is 1. The topological polar surface area (TPSA) is 90.1 Å². The van der Waals surface area contributed by atoms with Crippen molar-refractivity contribution in [3.05, 3.63) is 35.0 Å². The molecule has 0 aliphatic rings. The molecule has 1 heterocycles. The fourth-order valence-electron chi connectivity index (χ4n) is 1.76. The number of carbonyl (C=O) groups excluding carboxylic acids is 1. The van der Waals surface area contributed by atoms with Gasteiger partial charge in [0.15, 0.2) is 9.84 Å². The lowest BCUT2D eigenvalue weighted by molar-refractivity contribution is 0.1000. The highest BCUT2D eigenvalue weighted by Crippen LogP contribution is 2.28. The molecule has 0 atom stereocenters. The minimum Gasteiger partial charge on any atom is -0.366 e. The van der Waals surface area contributed by atoms with Gasteiger partial charge >= 0.3 is 0 Å². The summed E-state index contributed by atoms with van der Waals surface area (Å²) in [6.45, 7) is 3.19. The summed E-state index contributed by atoms with van der Waals surface area (Å²) in [4.78, 5) is 15.4. The standard InChI is InChI=1S/C13H13ClN2O3S/c1-7(2)20(18,19)8-3-4-11-9(5-8)12(14)10(6-16-11)13(15)17/h3-7H,1-2H3,(H2,15,17). The molecule has 0 spiro atoms. The van der Waals surface area contributed by atoms with Gasteiger partial charge in [-0.3, -0.25) is 9.78 Å². The van der Waals surface area contributed by atoms with Gasteiger partial charge in [0.2, 0.25) is 0 Å². The Balaban J connectivity index is 2.76. The van der Waals surface area contributed by atoms with E-state index in [0.717, 1.165) is 0 Å². The molecule has 1 amide bonds. The Morgan fingerprint density at radius 3 is 2.55 bits per heavy atom. The molecule has 1 aromatic carbocycles. The number of hydrogen-bond acceptors (Lipinski definition) is 4. The lowest BCUT2D eigenvalue weighted by Crippen LogP contribution is -2.14. The quantitative estimate of drug-likeness (QED) is 0.940. The van der Waals surface area contributed by atoms with Crippen molar-refractivity contribution in [2.75, 3.05) is 0 Å². The lowest BCUT2D eigenvalue weighted by Gasteiger charge is -2.10. The maximum Gasteiger partial charge on any atom is 0.251 e. The number of benzene rings is 1. The summed E-state index contributed by atoms with van der Waals surface area (Å²) in [5.74, 6) is -0.707. The van der Waals surface area contributed by atoms with Crippen LogP contribution in [0.5, 0.6) is 0 Å². The summed E-state index contributed by atoms with van der Waals surface area (Å²) >= 11 is 6.10. The highest BCUT2D eigenvalue weighted by atomic mass is 35.5. The number of rotatable bonds is 3. The number of pyridine rings is 1. The molecule has 0 radical (unpaired) electrons. The number of aromatic nitrogens is 1. The normalized spacial score (nSPS) is 12.0.